The van der Waals surface area contributed by atoms with Crippen molar-refractivity contribution in [2.24, 2.45) is 0 Å². The zero-order valence-corrected chi connectivity index (χ0v) is 13.3. The van der Waals surface area contributed by atoms with Gasteiger partial charge in [-0.2, -0.15) is 5.10 Å². The van der Waals surface area contributed by atoms with Gasteiger partial charge in [-0.3, -0.25) is 0 Å². The number of nitrogens with one attached hydrogen (secondary N) is 1. The van der Waals surface area contributed by atoms with E-state index in [9.17, 15) is 0 Å². The lowest BCUT2D eigenvalue weighted by atomic mass is 10.1. The van der Waals surface area contributed by atoms with Crippen LogP contribution in [0.25, 0.3) is 5.82 Å². The van der Waals surface area contributed by atoms with Crippen molar-refractivity contribution in [2.75, 3.05) is 0 Å². The Labute approximate surface area is 121 Å². The van der Waals surface area contributed by atoms with E-state index in [1.807, 2.05) is 18.5 Å². The highest BCUT2D eigenvalue weighted by Crippen LogP contribution is 2.14. The summed E-state index contributed by atoms with van der Waals surface area (Å²) in [6.07, 6.45) is 0. The summed E-state index contributed by atoms with van der Waals surface area (Å²) in [5, 5.41) is 8.01. The van der Waals surface area contributed by atoms with Gasteiger partial charge in [0.25, 0.3) is 0 Å². The van der Waals surface area contributed by atoms with Gasteiger partial charge >= 0.3 is 0 Å². The quantitative estimate of drug-likeness (QED) is 0.933. The molecule has 0 radical (unpaired) electrons. The predicted octanol–water partition coefficient (Wildman–Crippen LogP) is 3.08. The zero-order chi connectivity index (χ0) is 14.9. The molecule has 0 saturated carbocycles. The fourth-order valence-corrected chi connectivity index (χ4v) is 2.16. The second-order valence-corrected chi connectivity index (χ2v) is 6.42. The topological polar surface area (TPSA) is 42.7 Å². The molecule has 2 aromatic heterocycles. The number of pyridine rings is 1. The van der Waals surface area contributed by atoms with Crippen LogP contribution in [-0.2, 0) is 6.54 Å². The Balaban J connectivity index is 2.31. The van der Waals surface area contributed by atoms with Gasteiger partial charge < -0.3 is 5.32 Å². The molecule has 2 heterocycles. The van der Waals surface area contributed by atoms with Gasteiger partial charge in [0.05, 0.1) is 5.69 Å². The van der Waals surface area contributed by atoms with Crippen LogP contribution in [0, 0.1) is 20.8 Å². The molecule has 0 bridgehead atoms. The Kier molecular flexibility index (Phi) is 3.95. The Morgan fingerprint density at radius 3 is 2.30 bits per heavy atom. The number of aromatic nitrogens is 3. The molecule has 4 nitrogen and oxygen atoms in total. The molecule has 2 rings (SSSR count). The lowest BCUT2D eigenvalue weighted by Gasteiger charge is -2.21. The summed E-state index contributed by atoms with van der Waals surface area (Å²) in [6, 6.07) is 6.29. The Morgan fingerprint density at radius 1 is 1.05 bits per heavy atom. The van der Waals surface area contributed by atoms with Gasteiger partial charge in [-0.05, 0) is 65.3 Å². The summed E-state index contributed by atoms with van der Waals surface area (Å²) in [5.41, 5.74) is 4.47. The molecule has 0 aliphatic heterocycles. The molecular formula is C16H24N4. The minimum Gasteiger partial charge on any atom is -0.308 e. The smallest absolute Gasteiger partial charge is 0.154 e. The van der Waals surface area contributed by atoms with E-state index >= 15 is 0 Å². The summed E-state index contributed by atoms with van der Waals surface area (Å²) in [7, 11) is 0. The number of nitrogens with zero attached hydrogens (tertiary/aromatic N) is 3. The molecule has 0 aromatic carbocycles. The third kappa shape index (κ3) is 3.67. The SMILES string of the molecule is Cc1cc(CNC(C)(C)C)cc(-n2nc(C)cc2C)n1. The number of hydrogen-bond donors (Lipinski definition) is 1. The highest BCUT2D eigenvalue weighted by Gasteiger charge is 2.11. The van der Waals surface area contributed by atoms with Gasteiger partial charge in [0.15, 0.2) is 5.82 Å². The average Bonchev–Trinajstić information content (AvgIpc) is 2.64. The lowest BCUT2D eigenvalue weighted by Crippen LogP contribution is -2.35. The molecule has 0 amide bonds. The van der Waals surface area contributed by atoms with E-state index in [2.05, 4.69) is 61.3 Å². The van der Waals surface area contributed by atoms with Crippen LogP contribution in [0.5, 0.6) is 0 Å². The standard InChI is InChI=1S/C16H24N4/c1-11-8-14(10-17-16(4,5)6)9-15(18-11)20-13(3)7-12(2)19-20/h7-9,17H,10H2,1-6H3. The van der Waals surface area contributed by atoms with Crippen LogP contribution in [0.1, 0.15) is 43.4 Å². The van der Waals surface area contributed by atoms with E-state index in [0.717, 1.165) is 29.4 Å². The van der Waals surface area contributed by atoms with Crippen LogP contribution in [0.4, 0.5) is 0 Å². The van der Waals surface area contributed by atoms with E-state index < -0.39 is 0 Å². The minimum absolute atomic E-state index is 0.107. The van der Waals surface area contributed by atoms with E-state index in [-0.39, 0.29) is 5.54 Å². The van der Waals surface area contributed by atoms with Gasteiger partial charge in [-0.15, -0.1) is 0 Å². The maximum atomic E-state index is 4.60. The first kappa shape index (κ1) is 14.7. The van der Waals surface area contributed by atoms with Crippen molar-refractivity contribution >= 4 is 0 Å². The molecule has 20 heavy (non-hydrogen) atoms. The van der Waals surface area contributed by atoms with Crippen molar-refractivity contribution in [3.8, 4) is 5.82 Å². The van der Waals surface area contributed by atoms with E-state index in [1.165, 1.54) is 5.56 Å². The summed E-state index contributed by atoms with van der Waals surface area (Å²) in [4.78, 5) is 4.60. The van der Waals surface area contributed by atoms with Gasteiger partial charge in [-0.25, -0.2) is 9.67 Å². The first-order valence-corrected chi connectivity index (χ1v) is 7.01. The van der Waals surface area contributed by atoms with Crippen molar-refractivity contribution < 1.29 is 0 Å². The van der Waals surface area contributed by atoms with Crippen molar-refractivity contribution in [3.05, 3.63) is 40.8 Å². The third-order valence-corrected chi connectivity index (χ3v) is 3.05. The van der Waals surface area contributed by atoms with Crippen molar-refractivity contribution in [1.29, 1.82) is 0 Å². The van der Waals surface area contributed by atoms with Gasteiger partial charge in [0.2, 0.25) is 0 Å². The summed E-state index contributed by atoms with van der Waals surface area (Å²) in [5.74, 6) is 0.890. The maximum Gasteiger partial charge on any atom is 0.154 e. The Bertz CT molecular complexity index is 605. The monoisotopic (exact) mass is 272 g/mol. The molecule has 0 saturated heterocycles. The highest BCUT2D eigenvalue weighted by atomic mass is 15.3. The summed E-state index contributed by atoms with van der Waals surface area (Å²) in [6.45, 7) is 13.4. The van der Waals surface area contributed by atoms with Crippen molar-refractivity contribution in [1.82, 2.24) is 20.1 Å². The molecule has 0 atom stereocenters. The van der Waals surface area contributed by atoms with Crippen LogP contribution >= 0.6 is 0 Å². The molecule has 2 aromatic rings. The number of aryl methyl sites for hydroxylation is 3. The minimum atomic E-state index is 0.107. The average molecular weight is 272 g/mol. The molecule has 0 unspecified atom stereocenters. The number of hydrogen-bond acceptors (Lipinski definition) is 3. The molecule has 108 valence electrons. The Hall–Kier alpha value is -1.68. The van der Waals surface area contributed by atoms with E-state index in [0.29, 0.717) is 0 Å². The number of rotatable bonds is 3. The summed E-state index contributed by atoms with van der Waals surface area (Å²) >= 11 is 0. The third-order valence-electron chi connectivity index (χ3n) is 3.05. The van der Waals surface area contributed by atoms with Crippen LogP contribution in [0.15, 0.2) is 18.2 Å². The normalized spacial score (nSPS) is 11.9. The molecular weight excluding hydrogens is 248 g/mol. The molecule has 0 spiro atoms. The van der Waals surface area contributed by atoms with Crippen molar-refractivity contribution in [2.45, 2.75) is 53.6 Å². The molecule has 0 fully saturated rings. The molecule has 4 heteroatoms. The fourth-order valence-electron chi connectivity index (χ4n) is 2.16. The summed E-state index contributed by atoms with van der Waals surface area (Å²) < 4.78 is 1.91. The first-order chi connectivity index (χ1) is 9.24. The largest absolute Gasteiger partial charge is 0.308 e. The van der Waals surface area contributed by atoms with Crippen LogP contribution in [0.2, 0.25) is 0 Å². The Morgan fingerprint density at radius 2 is 1.75 bits per heavy atom. The second kappa shape index (κ2) is 5.37. The second-order valence-electron chi connectivity index (χ2n) is 6.42. The highest BCUT2D eigenvalue weighted by molar-refractivity contribution is 5.32. The zero-order valence-electron chi connectivity index (χ0n) is 13.3. The van der Waals surface area contributed by atoms with E-state index in [1.54, 1.807) is 0 Å². The molecule has 1 N–H and O–H groups in total. The first-order valence-electron chi connectivity index (χ1n) is 7.01. The van der Waals surface area contributed by atoms with Gasteiger partial charge in [0, 0.05) is 23.5 Å². The maximum absolute atomic E-state index is 4.60. The van der Waals surface area contributed by atoms with Crippen LogP contribution < -0.4 is 5.32 Å². The van der Waals surface area contributed by atoms with Crippen LogP contribution in [0.3, 0.4) is 0 Å². The van der Waals surface area contributed by atoms with Gasteiger partial charge in [-0.1, -0.05) is 0 Å². The lowest BCUT2D eigenvalue weighted by molar-refractivity contribution is 0.424. The van der Waals surface area contributed by atoms with Crippen molar-refractivity contribution in [3.63, 3.8) is 0 Å². The molecule has 0 aliphatic rings. The molecule has 0 aliphatic carbocycles. The predicted molar refractivity (Wildman–Crippen MR) is 82.2 cm³/mol. The van der Waals surface area contributed by atoms with Gasteiger partial charge in [0.1, 0.15) is 0 Å². The van der Waals surface area contributed by atoms with E-state index in [4.69, 9.17) is 0 Å². The van der Waals surface area contributed by atoms with Crippen LogP contribution in [-0.4, -0.2) is 20.3 Å². The fraction of sp³-hybridized carbons (Fsp3) is 0.500.